The lowest BCUT2D eigenvalue weighted by molar-refractivity contribution is 0.0597. The van der Waals surface area contributed by atoms with Crippen LogP contribution in [0.25, 0.3) is 0 Å². The van der Waals surface area contributed by atoms with Crippen molar-refractivity contribution in [3.8, 4) is 11.5 Å². The van der Waals surface area contributed by atoms with Crippen molar-refractivity contribution >= 4 is 5.97 Å². The van der Waals surface area contributed by atoms with Crippen LogP contribution in [-0.2, 0) is 4.74 Å². The number of para-hydroxylation sites is 2. The summed E-state index contributed by atoms with van der Waals surface area (Å²) in [5.74, 6) is 0.221. The minimum absolute atomic E-state index is 0.0562. The van der Waals surface area contributed by atoms with E-state index in [-0.39, 0.29) is 17.9 Å². The summed E-state index contributed by atoms with van der Waals surface area (Å²) in [7, 11) is 1.27. The Bertz CT molecular complexity index is 539. The number of benzene rings is 2. The van der Waals surface area contributed by atoms with E-state index in [4.69, 9.17) is 14.9 Å². The fourth-order valence-corrected chi connectivity index (χ4v) is 1.44. The molecule has 0 aliphatic heterocycles. The predicted octanol–water partition coefficient (Wildman–Crippen LogP) is 2.24. The lowest BCUT2D eigenvalue weighted by atomic mass is 10.2. The lowest BCUT2D eigenvalue weighted by Gasteiger charge is -2.01. The molecule has 0 aliphatic carbocycles. The predicted molar refractivity (Wildman–Crippen MR) is 78.5 cm³/mol. The molecule has 5 nitrogen and oxygen atoms in total. The Morgan fingerprint density at radius 1 is 1.05 bits per heavy atom. The summed E-state index contributed by atoms with van der Waals surface area (Å²) in [6, 6.07) is 15.7. The minimum Gasteiger partial charge on any atom is -0.507 e. The molecular formula is C16H18O5. The van der Waals surface area contributed by atoms with Gasteiger partial charge in [-0.15, -0.1) is 0 Å². The van der Waals surface area contributed by atoms with Crippen LogP contribution in [0.2, 0.25) is 0 Å². The van der Waals surface area contributed by atoms with Crippen LogP contribution in [0.5, 0.6) is 11.5 Å². The first-order chi connectivity index (χ1) is 10.2. The fraction of sp³-hybridized carbons (Fsp3) is 0.188. The highest BCUT2D eigenvalue weighted by molar-refractivity contribution is 5.92. The van der Waals surface area contributed by atoms with Gasteiger partial charge in [-0.1, -0.05) is 30.3 Å². The number of methoxy groups -OCH3 is 1. The van der Waals surface area contributed by atoms with Crippen LogP contribution in [0.15, 0.2) is 54.6 Å². The van der Waals surface area contributed by atoms with Crippen molar-refractivity contribution in [3.63, 3.8) is 0 Å². The monoisotopic (exact) mass is 290 g/mol. The highest BCUT2D eigenvalue weighted by Crippen LogP contribution is 2.15. The summed E-state index contributed by atoms with van der Waals surface area (Å²) in [5, 5.41) is 17.5. The van der Waals surface area contributed by atoms with Crippen LogP contribution in [-0.4, -0.2) is 36.5 Å². The van der Waals surface area contributed by atoms with Gasteiger partial charge in [-0.3, -0.25) is 0 Å². The number of rotatable bonds is 4. The summed E-state index contributed by atoms with van der Waals surface area (Å²) in [6.45, 7) is 0.429. The molecule has 0 bridgehead atoms. The maximum absolute atomic E-state index is 10.9. The van der Waals surface area contributed by atoms with Gasteiger partial charge in [0.1, 0.15) is 23.7 Å². The molecule has 112 valence electrons. The Morgan fingerprint density at radius 2 is 1.67 bits per heavy atom. The molecule has 2 rings (SSSR count). The van der Waals surface area contributed by atoms with Crippen LogP contribution in [0.4, 0.5) is 0 Å². The summed E-state index contributed by atoms with van der Waals surface area (Å²) in [6.07, 6.45) is 0. The van der Waals surface area contributed by atoms with Crippen molar-refractivity contribution in [1.29, 1.82) is 0 Å². The molecular weight excluding hydrogens is 272 g/mol. The van der Waals surface area contributed by atoms with Crippen molar-refractivity contribution in [3.05, 3.63) is 60.2 Å². The van der Waals surface area contributed by atoms with Gasteiger partial charge in [0.05, 0.1) is 13.7 Å². The number of phenolic OH excluding ortho intramolecular Hbond substituents is 1. The van der Waals surface area contributed by atoms with Crippen molar-refractivity contribution in [1.82, 2.24) is 0 Å². The first-order valence-corrected chi connectivity index (χ1v) is 6.34. The van der Waals surface area contributed by atoms with Crippen molar-refractivity contribution in [2.24, 2.45) is 0 Å². The molecule has 0 saturated heterocycles. The number of carbonyl (C=O) groups excluding carboxylic acids is 1. The van der Waals surface area contributed by atoms with E-state index < -0.39 is 5.97 Å². The van der Waals surface area contributed by atoms with Crippen LogP contribution in [0.3, 0.4) is 0 Å². The van der Waals surface area contributed by atoms with Crippen LogP contribution >= 0.6 is 0 Å². The van der Waals surface area contributed by atoms with Gasteiger partial charge in [-0.2, -0.15) is 0 Å². The average Bonchev–Trinajstić information content (AvgIpc) is 2.54. The summed E-state index contributed by atoms with van der Waals surface area (Å²) < 4.78 is 9.52. The molecule has 2 aromatic carbocycles. The molecule has 2 aromatic rings. The second-order valence-corrected chi connectivity index (χ2v) is 3.89. The Labute approximate surface area is 123 Å². The molecule has 0 amide bonds. The van der Waals surface area contributed by atoms with E-state index in [1.807, 2.05) is 30.3 Å². The zero-order chi connectivity index (χ0) is 15.5. The number of ether oxygens (including phenoxy) is 2. The Kier molecular flexibility index (Phi) is 7.39. The van der Waals surface area contributed by atoms with E-state index in [0.29, 0.717) is 6.61 Å². The van der Waals surface area contributed by atoms with Crippen molar-refractivity contribution in [2.75, 3.05) is 20.3 Å². The molecule has 0 fully saturated rings. The van der Waals surface area contributed by atoms with Gasteiger partial charge >= 0.3 is 5.97 Å². The van der Waals surface area contributed by atoms with E-state index in [2.05, 4.69) is 4.74 Å². The van der Waals surface area contributed by atoms with Gasteiger partial charge in [-0.25, -0.2) is 4.79 Å². The lowest BCUT2D eigenvalue weighted by Crippen LogP contribution is -2.00. The zero-order valence-corrected chi connectivity index (χ0v) is 11.7. The standard InChI is InChI=1S/C8H8O3.C8H10O2/c1-11-8(10)6-4-2-3-5-7(6)9;9-6-7-10-8-4-2-1-3-5-8/h2-5,9H,1H3;1-5,9H,6-7H2. The number of aliphatic hydroxyl groups excluding tert-OH is 1. The Morgan fingerprint density at radius 3 is 2.24 bits per heavy atom. The highest BCUT2D eigenvalue weighted by atomic mass is 16.5. The highest BCUT2D eigenvalue weighted by Gasteiger charge is 2.08. The average molecular weight is 290 g/mol. The topological polar surface area (TPSA) is 76.0 Å². The quantitative estimate of drug-likeness (QED) is 0.845. The normalized spacial score (nSPS) is 9.24. The smallest absolute Gasteiger partial charge is 0.341 e. The molecule has 21 heavy (non-hydrogen) atoms. The maximum Gasteiger partial charge on any atom is 0.341 e. The number of hydrogen-bond donors (Lipinski definition) is 2. The number of hydrogen-bond acceptors (Lipinski definition) is 5. The summed E-state index contributed by atoms with van der Waals surface area (Å²) in [4.78, 5) is 10.9. The number of carbonyl (C=O) groups is 1. The molecule has 0 aromatic heterocycles. The zero-order valence-electron chi connectivity index (χ0n) is 11.7. The number of aliphatic hydroxyl groups is 1. The van der Waals surface area contributed by atoms with E-state index >= 15 is 0 Å². The van der Waals surface area contributed by atoms with Crippen LogP contribution in [0.1, 0.15) is 10.4 Å². The third-order valence-corrected chi connectivity index (χ3v) is 2.41. The molecule has 2 N–H and O–H groups in total. The van der Waals surface area contributed by atoms with Gasteiger partial charge in [0.25, 0.3) is 0 Å². The van der Waals surface area contributed by atoms with E-state index in [1.165, 1.54) is 19.2 Å². The van der Waals surface area contributed by atoms with Crippen molar-refractivity contribution < 1.29 is 24.5 Å². The van der Waals surface area contributed by atoms with Crippen LogP contribution in [0, 0.1) is 0 Å². The maximum atomic E-state index is 10.9. The van der Waals surface area contributed by atoms with Gasteiger partial charge in [-0.05, 0) is 24.3 Å². The summed E-state index contributed by atoms with van der Waals surface area (Å²) >= 11 is 0. The third-order valence-electron chi connectivity index (χ3n) is 2.41. The number of esters is 1. The van der Waals surface area contributed by atoms with E-state index in [9.17, 15) is 4.79 Å². The third kappa shape index (κ3) is 5.97. The molecule has 0 saturated carbocycles. The molecule has 0 radical (unpaired) electrons. The molecule has 0 atom stereocenters. The fourth-order valence-electron chi connectivity index (χ4n) is 1.44. The minimum atomic E-state index is -0.525. The van der Waals surface area contributed by atoms with Gasteiger partial charge in [0.15, 0.2) is 0 Å². The first-order valence-electron chi connectivity index (χ1n) is 6.34. The molecule has 0 heterocycles. The molecule has 0 unspecified atom stereocenters. The first kappa shape index (κ1) is 16.5. The molecule has 0 spiro atoms. The van der Waals surface area contributed by atoms with Crippen molar-refractivity contribution in [2.45, 2.75) is 0 Å². The second-order valence-electron chi connectivity index (χ2n) is 3.89. The molecule has 0 aliphatic rings. The summed E-state index contributed by atoms with van der Waals surface area (Å²) in [5.41, 5.74) is 0.190. The van der Waals surface area contributed by atoms with E-state index in [1.54, 1.807) is 12.1 Å². The second kappa shape index (κ2) is 9.39. The Balaban J connectivity index is 0.000000211. The number of phenols is 1. The SMILES string of the molecule is COC(=O)c1ccccc1O.OCCOc1ccccc1. The van der Waals surface area contributed by atoms with Gasteiger partial charge in [0, 0.05) is 0 Å². The van der Waals surface area contributed by atoms with Crippen LogP contribution < -0.4 is 4.74 Å². The van der Waals surface area contributed by atoms with Gasteiger partial charge in [0.2, 0.25) is 0 Å². The Hall–Kier alpha value is -2.53. The molecule has 5 heteroatoms. The van der Waals surface area contributed by atoms with Gasteiger partial charge < -0.3 is 19.7 Å². The largest absolute Gasteiger partial charge is 0.507 e. The van der Waals surface area contributed by atoms with E-state index in [0.717, 1.165) is 5.75 Å². The number of aromatic hydroxyl groups is 1.